The second-order valence-corrected chi connectivity index (χ2v) is 6.50. The maximum atomic E-state index is 2.31. The summed E-state index contributed by atoms with van der Waals surface area (Å²) < 4.78 is 0. The molecule has 1 fully saturated rings. The van der Waals surface area contributed by atoms with Gasteiger partial charge in [0.25, 0.3) is 0 Å². The van der Waals surface area contributed by atoms with E-state index in [4.69, 9.17) is 0 Å². The van der Waals surface area contributed by atoms with E-state index >= 15 is 0 Å². The van der Waals surface area contributed by atoms with Crippen LogP contribution in [0.1, 0.15) is 104 Å². The molecule has 0 aliphatic heterocycles. The first kappa shape index (κ1) is 16.1. The van der Waals surface area contributed by atoms with Crippen LogP contribution in [0.15, 0.2) is 0 Å². The van der Waals surface area contributed by atoms with Gasteiger partial charge >= 0.3 is 0 Å². The maximum absolute atomic E-state index is 2.31. The summed E-state index contributed by atoms with van der Waals surface area (Å²) in [6.07, 6.45) is 20.8. The van der Waals surface area contributed by atoms with Crippen molar-refractivity contribution < 1.29 is 0 Å². The Balaban J connectivity index is 1.89. The summed E-state index contributed by atoms with van der Waals surface area (Å²) in [7, 11) is 0. The van der Waals surface area contributed by atoms with E-state index < -0.39 is 0 Å². The van der Waals surface area contributed by atoms with Crippen LogP contribution in [0.3, 0.4) is 0 Å². The molecule has 0 heterocycles. The average Bonchev–Trinajstić information content (AvgIpc) is 2.36. The predicted molar refractivity (Wildman–Crippen MR) is 83.0 cm³/mol. The van der Waals surface area contributed by atoms with Crippen molar-refractivity contribution in [3.05, 3.63) is 0 Å². The molecule has 0 aromatic rings. The van der Waals surface area contributed by atoms with Crippen LogP contribution in [0.5, 0.6) is 0 Å². The Hall–Kier alpha value is 0. The van der Waals surface area contributed by atoms with Crippen LogP contribution in [0.4, 0.5) is 0 Å². The molecule has 0 saturated heterocycles. The zero-order valence-corrected chi connectivity index (χ0v) is 13.1. The number of hydrogen-bond acceptors (Lipinski definition) is 0. The lowest BCUT2D eigenvalue weighted by Crippen LogP contribution is -2.25. The lowest BCUT2D eigenvalue weighted by Gasteiger charge is -2.37. The predicted octanol–water partition coefficient (Wildman–Crippen LogP) is 6.73. The Morgan fingerprint density at radius 3 is 1.28 bits per heavy atom. The van der Waals surface area contributed by atoms with Crippen molar-refractivity contribution in [3.8, 4) is 0 Å². The molecule has 0 aromatic heterocycles. The number of unbranched alkanes of at least 4 members (excludes halogenated alkanes) is 8. The van der Waals surface area contributed by atoms with E-state index in [1.54, 1.807) is 25.7 Å². The standard InChI is InChI=1S/C18H36/c1-3-5-7-9-11-13-17-15-16-18(17)14-12-10-8-6-4-2/h17-18H,3-16H2,1-2H3/t17-,18+. The van der Waals surface area contributed by atoms with E-state index in [0.29, 0.717) is 0 Å². The van der Waals surface area contributed by atoms with Crippen molar-refractivity contribution >= 4 is 0 Å². The van der Waals surface area contributed by atoms with Gasteiger partial charge in [0.15, 0.2) is 0 Å². The lowest BCUT2D eigenvalue weighted by molar-refractivity contribution is 0.145. The van der Waals surface area contributed by atoms with Gasteiger partial charge in [0.05, 0.1) is 0 Å². The Bertz CT molecular complexity index is 153. The van der Waals surface area contributed by atoms with Crippen LogP contribution in [-0.2, 0) is 0 Å². The van der Waals surface area contributed by atoms with Crippen molar-refractivity contribution in [2.45, 2.75) is 104 Å². The third kappa shape index (κ3) is 6.81. The molecule has 0 radical (unpaired) electrons. The average molecular weight is 252 g/mol. The molecule has 0 unspecified atom stereocenters. The van der Waals surface area contributed by atoms with Gasteiger partial charge in [-0.2, -0.15) is 0 Å². The van der Waals surface area contributed by atoms with Crippen LogP contribution in [-0.4, -0.2) is 0 Å². The minimum Gasteiger partial charge on any atom is -0.0654 e. The molecule has 108 valence electrons. The van der Waals surface area contributed by atoms with Crippen molar-refractivity contribution in [1.29, 1.82) is 0 Å². The zero-order valence-electron chi connectivity index (χ0n) is 13.1. The summed E-state index contributed by atoms with van der Waals surface area (Å²) in [4.78, 5) is 0. The van der Waals surface area contributed by atoms with Crippen LogP contribution in [0.2, 0.25) is 0 Å². The highest BCUT2D eigenvalue weighted by atomic mass is 14.3. The van der Waals surface area contributed by atoms with Gasteiger partial charge < -0.3 is 0 Å². The molecule has 0 spiro atoms. The van der Waals surface area contributed by atoms with Gasteiger partial charge in [-0.1, -0.05) is 90.9 Å². The minimum absolute atomic E-state index is 1.12. The minimum atomic E-state index is 1.12. The van der Waals surface area contributed by atoms with Crippen LogP contribution in [0.25, 0.3) is 0 Å². The molecule has 0 amide bonds. The van der Waals surface area contributed by atoms with Crippen LogP contribution in [0, 0.1) is 11.8 Å². The topological polar surface area (TPSA) is 0 Å². The highest BCUT2D eigenvalue weighted by molar-refractivity contribution is 4.80. The third-order valence-corrected chi connectivity index (χ3v) is 4.93. The van der Waals surface area contributed by atoms with Gasteiger partial charge in [-0.25, -0.2) is 0 Å². The maximum Gasteiger partial charge on any atom is -0.0386 e. The molecule has 1 aliphatic rings. The molecule has 1 aliphatic carbocycles. The number of hydrogen-bond donors (Lipinski definition) is 0. The smallest absolute Gasteiger partial charge is 0.0386 e. The Morgan fingerprint density at radius 2 is 0.944 bits per heavy atom. The molecule has 0 bridgehead atoms. The van der Waals surface area contributed by atoms with Crippen LogP contribution >= 0.6 is 0 Å². The highest BCUT2D eigenvalue weighted by Gasteiger charge is 2.29. The van der Waals surface area contributed by atoms with E-state index in [1.807, 2.05) is 0 Å². The monoisotopic (exact) mass is 252 g/mol. The number of rotatable bonds is 12. The van der Waals surface area contributed by atoms with Gasteiger partial charge in [0, 0.05) is 0 Å². The fraction of sp³-hybridized carbons (Fsp3) is 1.00. The lowest BCUT2D eigenvalue weighted by atomic mass is 9.69. The molecular formula is C18H36. The van der Waals surface area contributed by atoms with Crippen molar-refractivity contribution in [1.82, 2.24) is 0 Å². The fourth-order valence-corrected chi connectivity index (χ4v) is 3.42. The normalized spacial score (nSPS) is 23.0. The fourth-order valence-electron chi connectivity index (χ4n) is 3.42. The molecule has 0 nitrogen and oxygen atoms in total. The molecule has 2 atom stereocenters. The first-order chi connectivity index (χ1) is 8.88. The molecule has 0 N–H and O–H groups in total. The SMILES string of the molecule is CCCCCCC[C@@H]1CC[C@@H]1CCCCCCC. The largest absolute Gasteiger partial charge is 0.0654 e. The third-order valence-electron chi connectivity index (χ3n) is 4.93. The Kier molecular flexibility index (Phi) is 9.70. The van der Waals surface area contributed by atoms with Gasteiger partial charge in [0.2, 0.25) is 0 Å². The molecule has 1 rings (SSSR count). The summed E-state index contributed by atoms with van der Waals surface area (Å²) in [5.74, 6) is 2.25. The Labute approximate surface area is 116 Å². The van der Waals surface area contributed by atoms with E-state index in [-0.39, 0.29) is 0 Å². The van der Waals surface area contributed by atoms with Crippen molar-refractivity contribution in [2.24, 2.45) is 11.8 Å². The van der Waals surface area contributed by atoms with Crippen molar-refractivity contribution in [3.63, 3.8) is 0 Å². The van der Waals surface area contributed by atoms with Gasteiger partial charge in [-0.15, -0.1) is 0 Å². The summed E-state index contributed by atoms with van der Waals surface area (Å²) in [5.41, 5.74) is 0. The van der Waals surface area contributed by atoms with E-state index in [0.717, 1.165) is 11.8 Å². The second kappa shape index (κ2) is 10.9. The van der Waals surface area contributed by atoms with E-state index in [9.17, 15) is 0 Å². The molecule has 0 aromatic carbocycles. The zero-order chi connectivity index (χ0) is 13.1. The van der Waals surface area contributed by atoms with Gasteiger partial charge in [-0.3, -0.25) is 0 Å². The summed E-state index contributed by atoms with van der Waals surface area (Å²) in [5, 5.41) is 0. The molecule has 1 saturated carbocycles. The highest BCUT2D eigenvalue weighted by Crippen LogP contribution is 2.41. The van der Waals surface area contributed by atoms with Crippen LogP contribution < -0.4 is 0 Å². The summed E-state index contributed by atoms with van der Waals surface area (Å²) in [6, 6.07) is 0. The Morgan fingerprint density at radius 1 is 0.556 bits per heavy atom. The molecule has 0 heteroatoms. The van der Waals surface area contributed by atoms with Gasteiger partial charge in [0.1, 0.15) is 0 Å². The summed E-state index contributed by atoms with van der Waals surface area (Å²) >= 11 is 0. The first-order valence-electron chi connectivity index (χ1n) is 8.88. The quantitative estimate of drug-likeness (QED) is 0.338. The summed E-state index contributed by atoms with van der Waals surface area (Å²) in [6.45, 7) is 4.61. The molecular weight excluding hydrogens is 216 g/mol. The van der Waals surface area contributed by atoms with Crippen molar-refractivity contribution in [2.75, 3.05) is 0 Å². The first-order valence-corrected chi connectivity index (χ1v) is 8.88. The molecule has 18 heavy (non-hydrogen) atoms. The van der Waals surface area contributed by atoms with Gasteiger partial charge in [-0.05, 0) is 24.7 Å². The van der Waals surface area contributed by atoms with E-state index in [1.165, 1.54) is 64.2 Å². The van der Waals surface area contributed by atoms with E-state index in [2.05, 4.69) is 13.8 Å². The second-order valence-electron chi connectivity index (χ2n) is 6.50.